The maximum atomic E-state index is 14.3. The minimum Gasteiger partial charge on any atom is -0.481 e. The number of rotatable bonds is 2. The van der Waals surface area contributed by atoms with Gasteiger partial charge < -0.3 is 10.2 Å². The highest BCUT2D eigenvalue weighted by Gasteiger charge is 2.70. The van der Waals surface area contributed by atoms with Crippen molar-refractivity contribution in [2.75, 3.05) is 6.61 Å². The van der Waals surface area contributed by atoms with E-state index in [1.54, 1.807) is 0 Å². The molecule has 0 amide bonds. The van der Waals surface area contributed by atoms with Crippen LogP contribution < -0.4 is 0 Å². The molecular formula is C31H48O4. The molecule has 196 valence electrons. The van der Waals surface area contributed by atoms with Gasteiger partial charge in [-0.25, -0.2) is 0 Å². The van der Waals surface area contributed by atoms with E-state index in [-0.39, 0.29) is 45.5 Å². The molecule has 0 aromatic rings. The van der Waals surface area contributed by atoms with Gasteiger partial charge in [0.25, 0.3) is 0 Å². The van der Waals surface area contributed by atoms with Crippen molar-refractivity contribution in [3.8, 4) is 0 Å². The number of carbonyl (C=O) groups is 2. The third kappa shape index (κ3) is 3.07. The molecule has 0 unspecified atom stereocenters. The number of ketones is 1. The van der Waals surface area contributed by atoms with E-state index in [0.29, 0.717) is 24.0 Å². The monoisotopic (exact) mass is 484 g/mol. The molecule has 5 aliphatic carbocycles. The molecule has 4 heteroatoms. The van der Waals surface area contributed by atoms with Crippen LogP contribution >= 0.6 is 0 Å². The summed E-state index contributed by atoms with van der Waals surface area (Å²) >= 11 is 0. The fourth-order valence-electron chi connectivity index (χ4n) is 10.8. The van der Waals surface area contributed by atoms with Crippen LogP contribution in [0, 0.1) is 56.2 Å². The standard InChI is InChI=1S/C31H48O4/c1-26(2)19(18-32)8-10-29(5)23(26)9-11-31(7)24(29)22(33)16-20-21-17-28(4,25(34)35)13-12-27(21,3)14-15-30(20,31)6/h16,19,21,23-24,32H,8-15,17-18H2,1-7H3,(H,34,35)/t19-,21+,23+,24-,27-,28+,29+,30-,31-/m1/s1. The number of allylic oxidation sites excluding steroid dienone is 2. The minimum atomic E-state index is -0.708. The first-order valence-corrected chi connectivity index (χ1v) is 14.2. The fourth-order valence-corrected chi connectivity index (χ4v) is 10.8. The van der Waals surface area contributed by atoms with Crippen molar-refractivity contribution in [2.24, 2.45) is 56.2 Å². The van der Waals surface area contributed by atoms with E-state index in [1.165, 1.54) is 5.57 Å². The molecule has 0 aromatic carbocycles. The summed E-state index contributed by atoms with van der Waals surface area (Å²) in [5.74, 6) is 0.522. The first-order valence-electron chi connectivity index (χ1n) is 14.2. The van der Waals surface area contributed by atoms with Crippen molar-refractivity contribution in [2.45, 2.75) is 106 Å². The number of aliphatic hydroxyl groups is 1. The molecule has 4 fully saturated rings. The summed E-state index contributed by atoms with van der Waals surface area (Å²) < 4.78 is 0. The molecule has 4 saturated carbocycles. The first-order chi connectivity index (χ1) is 16.1. The highest BCUT2D eigenvalue weighted by Crippen LogP contribution is 2.75. The number of carbonyl (C=O) groups excluding carboxylic acids is 1. The third-order valence-corrected chi connectivity index (χ3v) is 13.6. The molecule has 35 heavy (non-hydrogen) atoms. The number of carboxylic acid groups (broad SMARTS) is 1. The molecule has 0 aromatic heterocycles. The molecule has 9 atom stereocenters. The summed E-state index contributed by atoms with van der Waals surface area (Å²) in [6, 6.07) is 0. The average molecular weight is 485 g/mol. The number of aliphatic carboxylic acids is 1. The average Bonchev–Trinajstić information content (AvgIpc) is 2.76. The Hall–Kier alpha value is -1.16. The van der Waals surface area contributed by atoms with Crippen molar-refractivity contribution < 1.29 is 19.8 Å². The second-order valence-electron chi connectivity index (χ2n) is 15.3. The van der Waals surface area contributed by atoms with E-state index in [1.807, 2.05) is 13.0 Å². The van der Waals surface area contributed by atoms with E-state index in [4.69, 9.17) is 0 Å². The molecule has 0 aliphatic heterocycles. The van der Waals surface area contributed by atoms with Crippen molar-refractivity contribution in [1.29, 1.82) is 0 Å². The van der Waals surface area contributed by atoms with Crippen LogP contribution in [0.2, 0.25) is 0 Å². The number of aliphatic hydroxyl groups excluding tert-OH is 1. The fraction of sp³-hybridized carbons (Fsp3) is 0.871. The molecule has 0 heterocycles. The lowest BCUT2D eigenvalue weighted by Gasteiger charge is -2.70. The zero-order chi connectivity index (χ0) is 25.8. The van der Waals surface area contributed by atoms with Crippen LogP contribution in [-0.4, -0.2) is 28.6 Å². The first kappa shape index (κ1) is 25.5. The summed E-state index contributed by atoms with van der Waals surface area (Å²) in [5.41, 5.74) is 0.442. The normalized spacial score (nSPS) is 52.9. The Bertz CT molecular complexity index is 980. The SMILES string of the molecule is CC1(C)[C@@H](CO)CC[C@]2(C)[C@H]3C(=O)C=C4[C@@H]5C[C@@](C)(C(=O)O)CC[C@]5(C)CC[C@@]4(C)[C@]3(C)CC[C@@H]12. The lowest BCUT2D eigenvalue weighted by Crippen LogP contribution is -2.66. The summed E-state index contributed by atoms with van der Waals surface area (Å²) in [5, 5.41) is 20.2. The Balaban J connectivity index is 1.61. The molecule has 0 bridgehead atoms. The van der Waals surface area contributed by atoms with Gasteiger partial charge in [-0.1, -0.05) is 47.1 Å². The predicted octanol–water partition coefficient (Wildman–Crippen LogP) is 6.66. The van der Waals surface area contributed by atoms with Gasteiger partial charge in [-0.3, -0.25) is 9.59 Å². The number of fused-ring (bicyclic) bond motifs is 7. The molecule has 0 radical (unpaired) electrons. The van der Waals surface area contributed by atoms with E-state index in [2.05, 4.69) is 41.5 Å². The van der Waals surface area contributed by atoms with E-state index >= 15 is 0 Å². The lowest BCUT2D eigenvalue weighted by atomic mass is 9.33. The van der Waals surface area contributed by atoms with Crippen LogP contribution in [0.1, 0.15) is 106 Å². The predicted molar refractivity (Wildman–Crippen MR) is 138 cm³/mol. The van der Waals surface area contributed by atoms with Gasteiger partial charge >= 0.3 is 5.97 Å². The van der Waals surface area contributed by atoms with E-state index < -0.39 is 11.4 Å². The lowest BCUT2D eigenvalue weighted by molar-refractivity contribution is -0.196. The summed E-state index contributed by atoms with van der Waals surface area (Å²) in [6.07, 6.45) is 10.7. The number of carboxylic acids is 1. The number of hydrogen-bond donors (Lipinski definition) is 2. The van der Waals surface area contributed by atoms with Crippen molar-refractivity contribution >= 4 is 11.8 Å². The van der Waals surface area contributed by atoms with Gasteiger partial charge in [0.05, 0.1) is 5.41 Å². The van der Waals surface area contributed by atoms with E-state index in [0.717, 1.165) is 51.4 Å². The molecule has 5 rings (SSSR count). The van der Waals surface area contributed by atoms with Crippen LogP contribution in [0.5, 0.6) is 0 Å². The van der Waals surface area contributed by atoms with Crippen LogP contribution in [0.3, 0.4) is 0 Å². The molecule has 2 N–H and O–H groups in total. The van der Waals surface area contributed by atoms with Gasteiger partial charge in [0.15, 0.2) is 5.78 Å². The topological polar surface area (TPSA) is 74.6 Å². The molecule has 0 spiro atoms. The second-order valence-corrected chi connectivity index (χ2v) is 15.3. The van der Waals surface area contributed by atoms with Gasteiger partial charge in [-0.05, 0) is 116 Å². The molecule has 5 aliphatic rings. The Labute approximate surface area is 212 Å². The Kier molecular flexibility index (Phi) is 5.43. The van der Waals surface area contributed by atoms with Crippen LogP contribution in [0.4, 0.5) is 0 Å². The molecule has 4 nitrogen and oxygen atoms in total. The maximum Gasteiger partial charge on any atom is 0.309 e. The molecular weight excluding hydrogens is 436 g/mol. The Morgan fingerprint density at radius 1 is 0.943 bits per heavy atom. The van der Waals surface area contributed by atoms with Crippen LogP contribution in [-0.2, 0) is 9.59 Å². The maximum absolute atomic E-state index is 14.3. The van der Waals surface area contributed by atoms with Crippen LogP contribution in [0.25, 0.3) is 0 Å². The number of hydrogen-bond acceptors (Lipinski definition) is 3. The Morgan fingerprint density at radius 3 is 2.23 bits per heavy atom. The largest absolute Gasteiger partial charge is 0.481 e. The van der Waals surface area contributed by atoms with Gasteiger partial charge in [-0.2, -0.15) is 0 Å². The zero-order valence-corrected chi connectivity index (χ0v) is 23.2. The zero-order valence-electron chi connectivity index (χ0n) is 23.2. The highest BCUT2D eigenvalue weighted by atomic mass is 16.4. The highest BCUT2D eigenvalue weighted by molar-refractivity contribution is 5.95. The third-order valence-electron chi connectivity index (χ3n) is 13.6. The summed E-state index contributed by atoms with van der Waals surface area (Å²) in [7, 11) is 0. The van der Waals surface area contributed by atoms with Crippen molar-refractivity contribution in [3.05, 3.63) is 11.6 Å². The summed E-state index contributed by atoms with van der Waals surface area (Å²) in [6.45, 7) is 16.4. The Morgan fingerprint density at radius 2 is 1.60 bits per heavy atom. The summed E-state index contributed by atoms with van der Waals surface area (Å²) in [4.78, 5) is 26.5. The van der Waals surface area contributed by atoms with Crippen molar-refractivity contribution in [3.63, 3.8) is 0 Å². The van der Waals surface area contributed by atoms with Gasteiger partial charge in [0.2, 0.25) is 0 Å². The molecule has 0 saturated heterocycles. The minimum absolute atomic E-state index is 0.000206. The second kappa shape index (κ2) is 7.45. The van der Waals surface area contributed by atoms with E-state index in [9.17, 15) is 19.8 Å². The smallest absolute Gasteiger partial charge is 0.309 e. The quantitative estimate of drug-likeness (QED) is 0.459. The van der Waals surface area contributed by atoms with Gasteiger partial charge in [0, 0.05) is 12.5 Å². The van der Waals surface area contributed by atoms with Gasteiger partial charge in [0.1, 0.15) is 0 Å². The van der Waals surface area contributed by atoms with Gasteiger partial charge in [-0.15, -0.1) is 0 Å². The van der Waals surface area contributed by atoms with Crippen molar-refractivity contribution in [1.82, 2.24) is 0 Å². The van der Waals surface area contributed by atoms with Crippen LogP contribution in [0.15, 0.2) is 11.6 Å².